The lowest BCUT2D eigenvalue weighted by Gasteiger charge is -2.16. The number of amides is 3. The fourth-order valence-electron chi connectivity index (χ4n) is 4.03. The lowest BCUT2D eigenvalue weighted by Crippen LogP contribution is -2.29. The molecule has 36 heavy (non-hydrogen) atoms. The molecule has 1 heterocycles. The molecule has 3 aromatic carbocycles. The SMILES string of the molecule is CCOc1ccc(CN2C(=O)c3ccccc3C2=O)cc1C(=O)OCC(=O)Nc1ccccc1CC. The molecule has 0 bridgehead atoms. The van der Waals surface area contributed by atoms with Gasteiger partial charge >= 0.3 is 5.97 Å². The number of carbonyl (C=O) groups is 4. The van der Waals surface area contributed by atoms with E-state index in [2.05, 4.69) is 5.32 Å². The number of hydrogen-bond acceptors (Lipinski definition) is 6. The first-order valence-electron chi connectivity index (χ1n) is 11.7. The van der Waals surface area contributed by atoms with Crippen LogP contribution in [0.25, 0.3) is 0 Å². The number of imide groups is 1. The van der Waals surface area contributed by atoms with Crippen LogP contribution < -0.4 is 10.1 Å². The maximum absolute atomic E-state index is 12.9. The highest BCUT2D eigenvalue weighted by Crippen LogP contribution is 2.27. The molecule has 0 spiro atoms. The predicted molar refractivity (Wildman–Crippen MR) is 133 cm³/mol. The molecule has 4 rings (SSSR count). The highest BCUT2D eigenvalue weighted by Gasteiger charge is 2.35. The van der Waals surface area contributed by atoms with Crippen molar-refractivity contribution in [3.05, 3.63) is 94.5 Å². The van der Waals surface area contributed by atoms with Crippen molar-refractivity contribution >= 4 is 29.4 Å². The number of esters is 1. The molecule has 0 aromatic heterocycles. The molecule has 3 aromatic rings. The number of carbonyl (C=O) groups excluding carboxylic acids is 4. The van der Waals surface area contributed by atoms with Gasteiger partial charge in [-0.3, -0.25) is 19.3 Å². The fraction of sp³-hybridized carbons (Fsp3) is 0.214. The minimum absolute atomic E-state index is 0.0205. The van der Waals surface area contributed by atoms with E-state index in [1.54, 1.807) is 49.4 Å². The van der Waals surface area contributed by atoms with Gasteiger partial charge in [0, 0.05) is 5.69 Å². The van der Waals surface area contributed by atoms with Gasteiger partial charge in [-0.15, -0.1) is 0 Å². The molecular weight excluding hydrogens is 460 g/mol. The third-order valence-corrected chi connectivity index (χ3v) is 5.79. The van der Waals surface area contributed by atoms with E-state index < -0.39 is 30.3 Å². The van der Waals surface area contributed by atoms with E-state index in [1.807, 2.05) is 25.1 Å². The number of benzene rings is 3. The van der Waals surface area contributed by atoms with E-state index in [4.69, 9.17) is 9.47 Å². The van der Waals surface area contributed by atoms with Gasteiger partial charge in [0.1, 0.15) is 11.3 Å². The van der Waals surface area contributed by atoms with Crippen LogP contribution in [0.4, 0.5) is 5.69 Å². The molecule has 1 aliphatic rings. The largest absolute Gasteiger partial charge is 0.493 e. The van der Waals surface area contributed by atoms with Crippen molar-refractivity contribution in [1.82, 2.24) is 4.90 Å². The molecule has 0 unspecified atom stereocenters. The summed E-state index contributed by atoms with van der Waals surface area (Å²) in [4.78, 5) is 51.9. The summed E-state index contributed by atoms with van der Waals surface area (Å²) in [5.41, 5.74) is 2.98. The average molecular weight is 487 g/mol. The highest BCUT2D eigenvalue weighted by atomic mass is 16.5. The third kappa shape index (κ3) is 5.12. The predicted octanol–water partition coefficient (Wildman–Crippen LogP) is 4.24. The first-order chi connectivity index (χ1) is 17.4. The Morgan fingerprint density at radius 3 is 2.22 bits per heavy atom. The Hall–Kier alpha value is -4.46. The van der Waals surface area contributed by atoms with Crippen LogP contribution in [0.2, 0.25) is 0 Å². The summed E-state index contributed by atoms with van der Waals surface area (Å²) >= 11 is 0. The van der Waals surface area contributed by atoms with Crippen molar-refractivity contribution in [2.75, 3.05) is 18.5 Å². The molecule has 1 N–H and O–H groups in total. The number of anilines is 1. The molecule has 0 saturated carbocycles. The maximum atomic E-state index is 12.9. The van der Waals surface area contributed by atoms with Gasteiger partial charge in [0.2, 0.25) is 0 Å². The Morgan fingerprint density at radius 2 is 1.56 bits per heavy atom. The van der Waals surface area contributed by atoms with Crippen LogP contribution in [0.1, 0.15) is 56.0 Å². The molecule has 0 radical (unpaired) electrons. The van der Waals surface area contributed by atoms with Gasteiger partial charge in [-0.1, -0.05) is 43.3 Å². The Labute approximate surface area is 208 Å². The highest BCUT2D eigenvalue weighted by molar-refractivity contribution is 6.21. The summed E-state index contributed by atoms with van der Waals surface area (Å²) in [6.45, 7) is 3.57. The van der Waals surface area contributed by atoms with Gasteiger partial charge in [0.25, 0.3) is 17.7 Å². The van der Waals surface area contributed by atoms with Crippen molar-refractivity contribution in [1.29, 1.82) is 0 Å². The Kier molecular flexibility index (Phi) is 7.44. The number of aryl methyl sites for hydroxylation is 1. The third-order valence-electron chi connectivity index (χ3n) is 5.79. The molecule has 1 aliphatic heterocycles. The number of nitrogens with zero attached hydrogens (tertiary/aromatic N) is 1. The van der Waals surface area contributed by atoms with Crippen LogP contribution in [0.5, 0.6) is 5.75 Å². The van der Waals surface area contributed by atoms with Crippen molar-refractivity contribution in [2.24, 2.45) is 0 Å². The first kappa shape index (κ1) is 24.7. The lowest BCUT2D eigenvalue weighted by molar-refractivity contribution is -0.119. The van der Waals surface area contributed by atoms with Crippen LogP contribution in [0, 0.1) is 0 Å². The number of hydrogen-bond donors (Lipinski definition) is 1. The van der Waals surface area contributed by atoms with Gasteiger partial charge in [0.15, 0.2) is 6.61 Å². The maximum Gasteiger partial charge on any atom is 0.342 e. The second-order valence-electron chi connectivity index (χ2n) is 8.14. The van der Waals surface area contributed by atoms with Gasteiger partial charge in [0.05, 0.1) is 24.3 Å². The quantitative estimate of drug-likeness (QED) is 0.359. The van der Waals surface area contributed by atoms with Gasteiger partial charge in [-0.05, 0) is 54.8 Å². The van der Waals surface area contributed by atoms with Crippen LogP contribution in [-0.2, 0) is 22.5 Å². The topological polar surface area (TPSA) is 102 Å². The van der Waals surface area contributed by atoms with Crippen LogP contribution in [0.3, 0.4) is 0 Å². The van der Waals surface area contributed by atoms with Crippen molar-refractivity contribution in [2.45, 2.75) is 26.8 Å². The van der Waals surface area contributed by atoms with E-state index in [0.29, 0.717) is 29.0 Å². The molecule has 3 amide bonds. The Morgan fingerprint density at radius 1 is 0.889 bits per heavy atom. The zero-order chi connectivity index (χ0) is 25.7. The molecule has 0 aliphatic carbocycles. The zero-order valence-electron chi connectivity index (χ0n) is 20.1. The Bertz CT molecular complexity index is 1300. The molecule has 184 valence electrons. The normalized spacial score (nSPS) is 12.3. The lowest BCUT2D eigenvalue weighted by atomic mass is 10.1. The van der Waals surface area contributed by atoms with E-state index in [1.165, 1.54) is 6.07 Å². The van der Waals surface area contributed by atoms with Gasteiger partial charge < -0.3 is 14.8 Å². The van der Waals surface area contributed by atoms with E-state index in [-0.39, 0.29) is 17.9 Å². The average Bonchev–Trinajstić information content (AvgIpc) is 3.13. The molecule has 0 saturated heterocycles. The number of nitrogens with one attached hydrogen (secondary N) is 1. The minimum Gasteiger partial charge on any atom is -0.493 e. The summed E-state index contributed by atoms with van der Waals surface area (Å²) in [6.07, 6.45) is 0.744. The molecule has 0 atom stereocenters. The Balaban J connectivity index is 1.47. The summed E-state index contributed by atoms with van der Waals surface area (Å²) in [7, 11) is 0. The number of ether oxygens (including phenoxy) is 2. The zero-order valence-corrected chi connectivity index (χ0v) is 20.1. The standard InChI is InChI=1S/C28H26N2O6/c1-3-19-9-5-8-12-23(19)29-25(31)17-36-28(34)22-15-18(13-14-24(22)35-4-2)16-30-26(32)20-10-6-7-11-21(20)27(30)33/h5-15H,3-4,16-17H2,1-2H3,(H,29,31). The van der Waals surface area contributed by atoms with Crippen molar-refractivity contribution in [3.8, 4) is 5.75 Å². The monoisotopic (exact) mass is 486 g/mol. The fourth-order valence-corrected chi connectivity index (χ4v) is 4.03. The molecular formula is C28H26N2O6. The summed E-state index contributed by atoms with van der Waals surface area (Å²) in [5.74, 6) is -1.72. The molecule has 0 fully saturated rings. The summed E-state index contributed by atoms with van der Waals surface area (Å²) in [5, 5.41) is 2.76. The van der Waals surface area contributed by atoms with Crippen molar-refractivity contribution < 1.29 is 28.7 Å². The summed E-state index contributed by atoms with van der Waals surface area (Å²) < 4.78 is 10.8. The molecule has 8 heteroatoms. The van der Waals surface area contributed by atoms with Crippen molar-refractivity contribution in [3.63, 3.8) is 0 Å². The van der Waals surface area contributed by atoms with Crippen LogP contribution >= 0.6 is 0 Å². The summed E-state index contributed by atoms with van der Waals surface area (Å²) in [6, 6.07) is 18.8. The number of fused-ring (bicyclic) bond motifs is 1. The van der Waals surface area contributed by atoms with Crippen LogP contribution in [-0.4, -0.2) is 41.8 Å². The molecule has 8 nitrogen and oxygen atoms in total. The minimum atomic E-state index is -0.749. The van der Waals surface area contributed by atoms with E-state index in [9.17, 15) is 19.2 Å². The van der Waals surface area contributed by atoms with Gasteiger partial charge in [-0.2, -0.15) is 0 Å². The second kappa shape index (κ2) is 10.9. The number of para-hydroxylation sites is 1. The second-order valence-corrected chi connectivity index (χ2v) is 8.14. The van der Waals surface area contributed by atoms with E-state index >= 15 is 0 Å². The van der Waals surface area contributed by atoms with Crippen LogP contribution in [0.15, 0.2) is 66.7 Å². The first-order valence-corrected chi connectivity index (χ1v) is 11.7. The van der Waals surface area contributed by atoms with E-state index in [0.717, 1.165) is 16.9 Å². The van der Waals surface area contributed by atoms with Gasteiger partial charge in [-0.25, -0.2) is 4.79 Å². The number of rotatable bonds is 9. The smallest absolute Gasteiger partial charge is 0.342 e.